The zero-order valence-electron chi connectivity index (χ0n) is 8.29. The van der Waals surface area contributed by atoms with Crippen LogP contribution in [0.15, 0.2) is 0 Å². The Hall–Kier alpha value is -0.730. The Morgan fingerprint density at radius 1 is 1.08 bits per heavy atom. The van der Waals surface area contributed by atoms with E-state index in [1.807, 2.05) is 27.7 Å². The van der Waals surface area contributed by atoms with Crippen molar-refractivity contribution in [2.45, 2.75) is 52.7 Å². The van der Waals surface area contributed by atoms with Gasteiger partial charge in [0.05, 0.1) is 0 Å². The summed E-state index contributed by atoms with van der Waals surface area (Å²) in [5.74, 6) is 0. The van der Waals surface area contributed by atoms with Crippen molar-refractivity contribution >= 4 is 6.16 Å². The lowest BCUT2D eigenvalue weighted by molar-refractivity contribution is 0.00599. The highest BCUT2D eigenvalue weighted by Gasteiger charge is 2.11. The maximum absolute atomic E-state index is 10.9. The highest BCUT2D eigenvalue weighted by molar-refractivity contribution is 5.60. The quantitative estimate of drug-likeness (QED) is 0.615. The second kappa shape index (κ2) is 5.86. The van der Waals surface area contributed by atoms with E-state index in [4.69, 9.17) is 9.47 Å². The van der Waals surface area contributed by atoms with Gasteiger partial charge >= 0.3 is 6.16 Å². The number of carbonyl (C=O) groups is 1. The molecule has 0 aliphatic carbocycles. The monoisotopic (exact) mass is 174 g/mol. The van der Waals surface area contributed by atoms with E-state index in [1.54, 1.807) is 0 Å². The molecular formula is C9H18O3. The van der Waals surface area contributed by atoms with Crippen LogP contribution in [0.4, 0.5) is 4.79 Å². The van der Waals surface area contributed by atoms with Crippen molar-refractivity contribution < 1.29 is 14.3 Å². The molecule has 0 aliphatic rings. The maximum atomic E-state index is 10.9. The lowest BCUT2D eigenvalue weighted by Crippen LogP contribution is -2.19. The normalized spacial score (nSPS) is 15.0. The zero-order valence-corrected chi connectivity index (χ0v) is 8.29. The number of hydrogen-bond acceptors (Lipinski definition) is 3. The van der Waals surface area contributed by atoms with Crippen molar-refractivity contribution in [3.05, 3.63) is 0 Å². The molecule has 0 spiro atoms. The standard InChI is InChI=1S/C9H18O3/c1-5-7(3)11-9(10)12-8(4)6-2/h7-8H,5-6H2,1-4H3/t7-,8?/m1/s1. The largest absolute Gasteiger partial charge is 0.508 e. The molecule has 0 aliphatic heterocycles. The first kappa shape index (κ1) is 11.3. The summed E-state index contributed by atoms with van der Waals surface area (Å²) in [6.07, 6.45) is 0.965. The van der Waals surface area contributed by atoms with Crippen molar-refractivity contribution in [2.75, 3.05) is 0 Å². The van der Waals surface area contributed by atoms with Gasteiger partial charge in [-0.2, -0.15) is 0 Å². The van der Waals surface area contributed by atoms with E-state index in [0.717, 1.165) is 12.8 Å². The molecule has 72 valence electrons. The van der Waals surface area contributed by atoms with E-state index in [1.165, 1.54) is 0 Å². The molecule has 0 fully saturated rings. The van der Waals surface area contributed by atoms with Crippen LogP contribution in [-0.4, -0.2) is 18.4 Å². The third-order valence-electron chi connectivity index (χ3n) is 1.74. The first-order valence-corrected chi connectivity index (χ1v) is 4.47. The molecule has 1 unspecified atom stereocenters. The van der Waals surface area contributed by atoms with Gasteiger partial charge in [-0.15, -0.1) is 0 Å². The molecule has 12 heavy (non-hydrogen) atoms. The average molecular weight is 174 g/mol. The van der Waals surface area contributed by atoms with Crippen LogP contribution in [0, 0.1) is 0 Å². The van der Waals surface area contributed by atoms with E-state index < -0.39 is 6.16 Å². The molecule has 0 N–H and O–H groups in total. The minimum absolute atomic E-state index is 0.0541. The SMILES string of the molecule is CCC(C)OC(=O)O[C@H](C)CC. The summed E-state index contributed by atoms with van der Waals surface area (Å²) in [6, 6.07) is 0. The summed E-state index contributed by atoms with van der Waals surface area (Å²) in [6.45, 7) is 7.61. The van der Waals surface area contributed by atoms with Crippen molar-refractivity contribution in [1.29, 1.82) is 0 Å². The van der Waals surface area contributed by atoms with Crippen molar-refractivity contribution in [1.82, 2.24) is 0 Å². The Bertz CT molecular complexity index is 120. The first-order valence-electron chi connectivity index (χ1n) is 4.47. The molecule has 0 saturated heterocycles. The summed E-state index contributed by atoms with van der Waals surface area (Å²) in [5.41, 5.74) is 0. The molecular weight excluding hydrogens is 156 g/mol. The van der Waals surface area contributed by atoms with Gasteiger partial charge in [-0.25, -0.2) is 4.79 Å². The van der Waals surface area contributed by atoms with Crippen molar-refractivity contribution in [3.8, 4) is 0 Å². The molecule has 0 aromatic heterocycles. The van der Waals surface area contributed by atoms with Crippen LogP contribution in [0.2, 0.25) is 0 Å². The predicted octanol–water partition coefficient (Wildman–Crippen LogP) is 2.74. The Balaban J connectivity index is 3.59. The minimum Gasteiger partial charge on any atom is -0.431 e. The molecule has 2 atom stereocenters. The van der Waals surface area contributed by atoms with Gasteiger partial charge in [-0.05, 0) is 26.7 Å². The lowest BCUT2D eigenvalue weighted by Gasteiger charge is -2.14. The van der Waals surface area contributed by atoms with Crippen LogP contribution >= 0.6 is 0 Å². The Morgan fingerprint density at radius 2 is 1.42 bits per heavy atom. The summed E-state index contributed by atoms with van der Waals surface area (Å²) in [5, 5.41) is 0. The van der Waals surface area contributed by atoms with E-state index in [-0.39, 0.29) is 12.2 Å². The first-order chi connectivity index (χ1) is 5.60. The van der Waals surface area contributed by atoms with E-state index >= 15 is 0 Å². The molecule has 0 heterocycles. The molecule has 0 radical (unpaired) electrons. The fourth-order valence-electron chi connectivity index (χ4n) is 0.523. The van der Waals surface area contributed by atoms with Crippen LogP contribution in [0.1, 0.15) is 40.5 Å². The Kier molecular flexibility index (Phi) is 5.51. The van der Waals surface area contributed by atoms with E-state index in [0.29, 0.717) is 0 Å². The predicted molar refractivity (Wildman–Crippen MR) is 47.1 cm³/mol. The highest BCUT2D eigenvalue weighted by atomic mass is 16.7. The maximum Gasteiger partial charge on any atom is 0.508 e. The number of carbonyl (C=O) groups excluding carboxylic acids is 1. The Labute approximate surface area is 74.0 Å². The van der Waals surface area contributed by atoms with Gasteiger partial charge in [0, 0.05) is 0 Å². The number of hydrogen-bond donors (Lipinski definition) is 0. The third-order valence-corrected chi connectivity index (χ3v) is 1.74. The molecule has 0 saturated carbocycles. The zero-order chi connectivity index (χ0) is 9.56. The molecule has 0 amide bonds. The van der Waals surface area contributed by atoms with Gasteiger partial charge < -0.3 is 9.47 Å². The van der Waals surface area contributed by atoms with Gasteiger partial charge in [-0.3, -0.25) is 0 Å². The van der Waals surface area contributed by atoms with Crippen LogP contribution in [0.5, 0.6) is 0 Å². The molecule has 0 aromatic carbocycles. The van der Waals surface area contributed by atoms with Gasteiger partial charge in [0.25, 0.3) is 0 Å². The minimum atomic E-state index is -0.557. The summed E-state index contributed by atoms with van der Waals surface area (Å²) in [4.78, 5) is 10.9. The van der Waals surface area contributed by atoms with Gasteiger partial charge in [0.1, 0.15) is 12.2 Å². The fraction of sp³-hybridized carbons (Fsp3) is 0.889. The number of ether oxygens (including phenoxy) is 2. The van der Waals surface area contributed by atoms with Gasteiger partial charge in [0.15, 0.2) is 0 Å². The van der Waals surface area contributed by atoms with Crippen molar-refractivity contribution in [2.24, 2.45) is 0 Å². The summed E-state index contributed by atoms with van der Waals surface area (Å²) in [7, 11) is 0. The van der Waals surface area contributed by atoms with Crippen LogP contribution < -0.4 is 0 Å². The second-order valence-electron chi connectivity index (χ2n) is 2.92. The number of rotatable bonds is 4. The summed E-state index contributed by atoms with van der Waals surface area (Å²) >= 11 is 0. The molecule has 0 rings (SSSR count). The van der Waals surface area contributed by atoms with E-state index in [9.17, 15) is 4.79 Å². The van der Waals surface area contributed by atoms with Crippen LogP contribution in [-0.2, 0) is 9.47 Å². The molecule has 0 aromatic rings. The van der Waals surface area contributed by atoms with Crippen LogP contribution in [0.25, 0.3) is 0 Å². The smallest absolute Gasteiger partial charge is 0.431 e. The molecule has 3 nitrogen and oxygen atoms in total. The summed E-state index contributed by atoms with van der Waals surface area (Å²) < 4.78 is 9.82. The van der Waals surface area contributed by atoms with Gasteiger partial charge in [0.2, 0.25) is 0 Å². The molecule has 3 heteroatoms. The van der Waals surface area contributed by atoms with Gasteiger partial charge in [-0.1, -0.05) is 13.8 Å². The van der Waals surface area contributed by atoms with Crippen LogP contribution in [0.3, 0.4) is 0 Å². The topological polar surface area (TPSA) is 35.5 Å². The Morgan fingerprint density at radius 3 is 1.67 bits per heavy atom. The third kappa shape index (κ3) is 4.99. The van der Waals surface area contributed by atoms with Crippen molar-refractivity contribution in [3.63, 3.8) is 0 Å². The second-order valence-corrected chi connectivity index (χ2v) is 2.92. The lowest BCUT2D eigenvalue weighted by atomic mass is 10.3. The van der Waals surface area contributed by atoms with E-state index in [2.05, 4.69) is 0 Å². The average Bonchev–Trinajstić information content (AvgIpc) is 2.03. The highest BCUT2D eigenvalue weighted by Crippen LogP contribution is 2.02. The molecule has 0 bridgehead atoms. The fourth-order valence-corrected chi connectivity index (χ4v) is 0.523.